The van der Waals surface area contributed by atoms with Gasteiger partial charge >= 0.3 is 6.03 Å². The molecule has 3 N–H and O–H groups in total. The highest BCUT2D eigenvalue weighted by Crippen LogP contribution is 2.25. The van der Waals surface area contributed by atoms with Crippen molar-refractivity contribution in [2.45, 2.75) is 6.61 Å². The zero-order valence-corrected chi connectivity index (χ0v) is 13.3. The van der Waals surface area contributed by atoms with Crippen molar-refractivity contribution < 1.29 is 19.0 Å². The van der Waals surface area contributed by atoms with E-state index in [4.69, 9.17) is 4.74 Å². The molecule has 5 nitrogen and oxygen atoms in total. The van der Waals surface area contributed by atoms with E-state index in [1.807, 2.05) is 0 Å². The minimum Gasteiger partial charge on any atom is -0.497 e. The van der Waals surface area contributed by atoms with Crippen molar-refractivity contribution >= 4 is 33.3 Å². The van der Waals surface area contributed by atoms with Gasteiger partial charge in [-0.1, -0.05) is 22.0 Å². The molecule has 0 fully saturated rings. The normalized spacial score (nSPS) is 10.2. The largest absolute Gasteiger partial charge is 0.497 e. The van der Waals surface area contributed by atoms with Gasteiger partial charge in [0.2, 0.25) is 0 Å². The van der Waals surface area contributed by atoms with E-state index in [0.29, 0.717) is 11.4 Å². The maximum atomic E-state index is 13.5. The van der Waals surface area contributed by atoms with Gasteiger partial charge in [0.15, 0.2) is 0 Å². The van der Waals surface area contributed by atoms with Gasteiger partial charge in [-0.3, -0.25) is 0 Å². The summed E-state index contributed by atoms with van der Waals surface area (Å²) in [7, 11) is 1.52. The highest BCUT2D eigenvalue weighted by Gasteiger charge is 2.11. The number of aliphatic hydroxyl groups is 1. The number of halogens is 2. The Morgan fingerprint density at radius 2 is 2.09 bits per heavy atom. The molecule has 0 aromatic heterocycles. The van der Waals surface area contributed by atoms with Crippen molar-refractivity contribution in [2.24, 2.45) is 0 Å². The summed E-state index contributed by atoms with van der Waals surface area (Å²) in [6.07, 6.45) is 0. The van der Waals surface area contributed by atoms with Crippen LogP contribution in [0.15, 0.2) is 40.9 Å². The second-order valence-corrected chi connectivity index (χ2v) is 5.30. The number of anilines is 2. The predicted octanol–water partition coefficient (Wildman–Crippen LogP) is 3.73. The molecule has 0 unspecified atom stereocenters. The highest BCUT2D eigenvalue weighted by atomic mass is 79.9. The Bertz CT molecular complexity index is 694. The van der Waals surface area contributed by atoms with Crippen molar-refractivity contribution in [1.82, 2.24) is 0 Å². The Labute approximate surface area is 135 Å². The number of hydrogen-bond acceptors (Lipinski definition) is 3. The first-order valence-electron chi connectivity index (χ1n) is 6.34. The van der Waals surface area contributed by atoms with Crippen LogP contribution in [0.2, 0.25) is 0 Å². The van der Waals surface area contributed by atoms with Crippen LogP contribution in [0.3, 0.4) is 0 Å². The van der Waals surface area contributed by atoms with Crippen LogP contribution in [-0.2, 0) is 6.61 Å². The maximum Gasteiger partial charge on any atom is 0.323 e. The zero-order valence-electron chi connectivity index (χ0n) is 11.7. The lowest BCUT2D eigenvalue weighted by Crippen LogP contribution is -2.20. The van der Waals surface area contributed by atoms with Crippen LogP contribution in [0.4, 0.5) is 20.6 Å². The van der Waals surface area contributed by atoms with Gasteiger partial charge in [-0.2, -0.15) is 0 Å². The molecule has 0 spiro atoms. The molecular formula is C15H14BrFN2O3. The molecule has 7 heteroatoms. The number of carbonyl (C=O) groups is 1. The van der Waals surface area contributed by atoms with E-state index < -0.39 is 18.5 Å². The molecule has 0 atom stereocenters. The van der Waals surface area contributed by atoms with E-state index in [2.05, 4.69) is 26.6 Å². The third-order valence-electron chi connectivity index (χ3n) is 2.89. The lowest BCUT2D eigenvalue weighted by molar-refractivity contribution is 0.261. The minimum atomic E-state index is -0.579. The fourth-order valence-electron chi connectivity index (χ4n) is 1.87. The Hall–Kier alpha value is -2.12. The molecule has 2 aromatic carbocycles. The van der Waals surface area contributed by atoms with E-state index in [1.165, 1.54) is 25.3 Å². The standard InChI is InChI=1S/C15H14BrFN2O3/c1-22-11-6-9(16)5-10(7-11)18-15(21)19-14-4-2-3-13(17)12(14)8-20/h2-7,20H,8H2,1H3,(H2,18,19,21). The van der Waals surface area contributed by atoms with Crippen molar-refractivity contribution in [3.05, 3.63) is 52.3 Å². The minimum absolute atomic E-state index is 0.0319. The van der Waals surface area contributed by atoms with Crippen LogP contribution in [0.1, 0.15) is 5.56 Å². The SMILES string of the molecule is COc1cc(Br)cc(NC(=O)Nc2cccc(F)c2CO)c1. The lowest BCUT2D eigenvalue weighted by Gasteiger charge is -2.12. The monoisotopic (exact) mass is 368 g/mol. The summed E-state index contributed by atoms with van der Waals surface area (Å²) in [6.45, 7) is -0.507. The molecule has 0 saturated heterocycles. The van der Waals surface area contributed by atoms with Crippen molar-refractivity contribution in [1.29, 1.82) is 0 Å². The number of carbonyl (C=O) groups excluding carboxylic acids is 1. The van der Waals surface area contributed by atoms with Gasteiger partial charge in [0.25, 0.3) is 0 Å². The van der Waals surface area contributed by atoms with Crippen LogP contribution in [0.5, 0.6) is 5.75 Å². The Morgan fingerprint density at radius 1 is 1.32 bits per heavy atom. The fraction of sp³-hybridized carbons (Fsp3) is 0.133. The van der Waals surface area contributed by atoms with Crippen molar-refractivity contribution in [2.75, 3.05) is 17.7 Å². The van der Waals surface area contributed by atoms with Gasteiger partial charge in [0.05, 0.1) is 19.4 Å². The van der Waals surface area contributed by atoms with E-state index >= 15 is 0 Å². The number of ether oxygens (including phenoxy) is 1. The molecule has 0 aliphatic heterocycles. The Balaban J connectivity index is 2.14. The van der Waals surface area contributed by atoms with Crippen molar-refractivity contribution in [3.63, 3.8) is 0 Å². The van der Waals surface area contributed by atoms with Crippen LogP contribution in [-0.4, -0.2) is 18.2 Å². The smallest absolute Gasteiger partial charge is 0.323 e. The zero-order chi connectivity index (χ0) is 16.1. The summed E-state index contributed by atoms with van der Waals surface area (Å²) in [6, 6.07) is 8.71. The molecule has 2 rings (SSSR count). The summed E-state index contributed by atoms with van der Waals surface area (Å²) < 4.78 is 19.4. The molecule has 0 aliphatic rings. The molecule has 116 valence electrons. The molecule has 2 amide bonds. The first kappa shape index (κ1) is 16.3. The molecule has 0 aliphatic carbocycles. The third-order valence-corrected chi connectivity index (χ3v) is 3.35. The number of aliphatic hydroxyl groups excluding tert-OH is 1. The summed E-state index contributed by atoms with van der Waals surface area (Å²) in [4.78, 5) is 12.0. The summed E-state index contributed by atoms with van der Waals surface area (Å²) in [5, 5.41) is 14.3. The third kappa shape index (κ3) is 3.96. The molecule has 2 aromatic rings. The number of rotatable bonds is 4. The van der Waals surface area contributed by atoms with Crippen LogP contribution >= 0.6 is 15.9 Å². The second kappa shape index (κ2) is 7.24. The lowest BCUT2D eigenvalue weighted by atomic mass is 10.2. The molecule has 0 heterocycles. The molecule has 0 bridgehead atoms. The Morgan fingerprint density at radius 3 is 2.77 bits per heavy atom. The van der Waals surface area contributed by atoms with Gasteiger partial charge < -0.3 is 20.5 Å². The van der Waals surface area contributed by atoms with E-state index in [1.54, 1.807) is 18.2 Å². The van der Waals surface area contributed by atoms with Gasteiger partial charge in [-0.25, -0.2) is 9.18 Å². The van der Waals surface area contributed by atoms with Gasteiger partial charge in [-0.05, 0) is 24.3 Å². The quantitative estimate of drug-likeness (QED) is 0.769. The number of urea groups is 1. The summed E-state index contributed by atoms with van der Waals surface area (Å²) >= 11 is 3.31. The number of hydrogen-bond donors (Lipinski definition) is 3. The molecule has 0 saturated carbocycles. The first-order chi connectivity index (χ1) is 10.5. The number of nitrogens with one attached hydrogen (secondary N) is 2. The van der Waals surface area contributed by atoms with Crippen LogP contribution < -0.4 is 15.4 Å². The Kier molecular flexibility index (Phi) is 5.35. The topological polar surface area (TPSA) is 70.6 Å². The van der Waals surface area contributed by atoms with E-state index in [9.17, 15) is 14.3 Å². The van der Waals surface area contributed by atoms with Gasteiger partial charge in [0, 0.05) is 21.8 Å². The highest BCUT2D eigenvalue weighted by molar-refractivity contribution is 9.10. The fourth-order valence-corrected chi connectivity index (χ4v) is 2.35. The van der Waals surface area contributed by atoms with E-state index in [0.717, 1.165) is 4.47 Å². The average Bonchev–Trinajstić information content (AvgIpc) is 2.46. The van der Waals surface area contributed by atoms with Gasteiger partial charge in [0.1, 0.15) is 11.6 Å². The van der Waals surface area contributed by atoms with Crippen molar-refractivity contribution in [3.8, 4) is 5.75 Å². The number of benzene rings is 2. The molecular weight excluding hydrogens is 355 g/mol. The number of amides is 2. The van der Waals surface area contributed by atoms with Crippen LogP contribution in [0.25, 0.3) is 0 Å². The average molecular weight is 369 g/mol. The molecule has 22 heavy (non-hydrogen) atoms. The summed E-state index contributed by atoms with van der Waals surface area (Å²) in [5.41, 5.74) is 0.747. The van der Waals surface area contributed by atoms with Gasteiger partial charge in [-0.15, -0.1) is 0 Å². The second-order valence-electron chi connectivity index (χ2n) is 4.38. The van der Waals surface area contributed by atoms with Crippen LogP contribution in [0, 0.1) is 5.82 Å². The maximum absolute atomic E-state index is 13.5. The number of methoxy groups -OCH3 is 1. The van der Waals surface area contributed by atoms with E-state index in [-0.39, 0.29) is 11.3 Å². The first-order valence-corrected chi connectivity index (χ1v) is 7.13. The summed E-state index contributed by atoms with van der Waals surface area (Å²) in [5.74, 6) is -0.00379. The predicted molar refractivity (Wildman–Crippen MR) is 85.7 cm³/mol. The molecule has 0 radical (unpaired) electrons.